The van der Waals surface area contributed by atoms with Gasteiger partial charge in [-0.1, -0.05) is 12.1 Å². The highest BCUT2D eigenvalue weighted by Gasteiger charge is 2.24. The van der Waals surface area contributed by atoms with Crippen LogP contribution < -0.4 is 5.73 Å². The summed E-state index contributed by atoms with van der Waals surface area (Å²) in [7, 11) is 0. The van der Waals surface area contributed by atoms with Gasteiger partial charge in [0.05, 0.1) is 15.2 Å². The van der Waals surface area contributed by atoms with E-state index in [1.165, 1.54) is 4.70 Å². The number of fused-ring (bicyclic) bond motifs is 1. The number of carbonyl (C=O) groups excluding carboxylic acids is 1. The van der Waals surface area contributed by atoms with Crippen LogP contribution in [0.3, 0.4) is 0 Å². The normalized spacial score (nSPS) is 16.9. The minimum atomic E-state index is 0. The molecule has 1 aromatic carbocycles. The van der Waals surface area contributed by atoms with Crippen molar-refractivity contribution >= 4 is 52.3 Å². The smallest absolute Gasteiger partial charge is 0.222 e. The highest BCUT2D eigenvalue weighted by Crippen LogP contribution is 2.23. The van der Waals surface area contributed by atoms with Crippen molar-refractivity contribution in [3.05, 3.63) is 29.3 Å². The maximum absolute atomic E-state index is 12.1. The lowest BCUT2D eigenvalue weighted by molar-refractivity contribution is -0.130. The molecule has 1 saturated heterocycles. The molecule has 1 aliphatic rings. The van der Waals surface area contributed by atoms with Crippen LogP contribution in [0.5, 0.6) is 0 Å². The Labute approximate surface area is 153 Å². The number of thiazole rings is 1. The Morgan fingerprint density at radius 2 is 2.13 bits per heavy atom. The van der Waals surface area contributed by atoms with Crippen molar-refractivity contribution < 1.29 is 4.79 Å². The highest BCUT2D eigenvalue weighted by molar-refractivity contribution is 7.18. The van der Waals surface area contributed by atoms with Gasteiger partial charge in [0.25, 0.3) is 0 Å². The summed E-state index contributed by atoms with van der Waals surface area (Å²) < 4.78 is 1.23. The minimum Gasteiger partial charge on any atom is -0.342 e. The molecular formula is C16H23Cl2N3OS. The van der Waals surface area contributed by atoms with Gasteiger partial charge in [-0.3, -0.25) is 4.79 Å². The fourth-order valence-electron chi connectivity index (χ4n) is 2.83. The third kappa shape index (κ3) is 5.05. The van der Waals surface area contributed by atoms with Crippen LogP contribution >= 0.6 is 36.2 Å². The van der Waals surface area contributed by atoms with Crippen LogP contribution in [0.1, 0.15) is 24.3 Å². The Bertz CT molecular complexity index is 602. The number of nitrogens with two attached hydrogens (primary N) is 1. The van der Waals surface area contributed by atoms with Crippen LogP contribution in [0.25, 0.3) is 10.2 Å². The molecule has 0 aliphatic carbocycles. The molecule has 2 heterocycles. The van der Waals surface area contributed by atoms with Crippen molar-refractivity contribution in [3.8, 4) is 0 Å². The van der Waals surface area contributed by atoms with E-state index in [4.69, 9.17) is 5.73 Å². The number of halogens is 2. The molecule has 7 heteroatoms. The van der Waals surface area contributed by atoms with E-state index in [2.05, 4.69) is 11.1 Å². The molecule has 1 aromatic heterocycles. The molecule has 128 valence electrons. The number of rotatable bonds is 5. The molecule has 0 radical (unpaired) electrons. The number of benzene rings is 1. The summed E-state index contributed by atoms with van der Waals surface area (Å²) in [5, 5.41) is 1.13. The number of aromatic nitrogens is 1. The molecule has 3 rings (SSSR count). The van der Waals surface area contributed by atoms with E-state index in [1.54, 1.807) is 11.3 Å². The zero-order valence-corrected chi connectivity index (χ0v) is 15.4. The second-order valence-corrected chi connectivity index (χ2v) is 6.77. The topological polar surface area (TPSA) is 59.2 Å². The Morgan fingerprint density at radius 1 is 1.35 bits per heavy atom. The number of aryl methyl sites for hydroxylation is 1. The summed E-state index contributed by atoms with van der Waals surface area (Å²) >= 11 is 1.73. The van der Waals surface area contributed by atoms with Crippen LogP contribution in [0.2, 0.25) is 0 Å². The van der Waals surface area contributed by atoms with Gasteiger partial charge >= 0.3 is 0 Å². The Hall–Kier alpha value is -0.880. The summed E-state index contributed by atoms with van der Waals surface area (Å²) in [6, 6.07) is 8.18. The van der Waals surface area contributed by atoms with Gasteiger partial charge < -0.3 is 10.6 Å². The van der Waals surface area contributed by atoms with Crippen molar-refractivity contribution in [2.24, 2.45) is 11.7 Å². The van der Waals surface area contributed by atoms with E-state index >= 15 is 0 Å². The van der Waals surface area contributed by atoms with Gasteiger partial charge in [-0.15, -0.1) is 36.2 Å². The first kappa shape index (κ1) is 20.2. The van der Waals surface area contributed by atoms with Crippen LogP contribution in [0.4, 0.5) is 0 Å². The van der Waals surface area contributed by atoms with Gasteiger partial charge in [0, 0.05) is 19.5 Å². The predicted molar refractivity (Wildman–Crippen MR) is 101 cm³/mol. The third-order valence-corrected chi connectivity index (χ3v) is 5.19. The first-order chi connectivity index (χ1) is 10.3. The summed E-state index contributed by atoms with van der Waals surface area (Å²) in [5.74, 6) is 0.769. The second kappa shape index (κ2) is 9.42. The maximum Gasteiger partial charge on any atom is 0.222 e. The Balaban J connectivity index is 0.00000132. The average Bonchev–Trinajstić information content (AvgIpc) is 3.13. The standard InChI is InChI=1S/C16H21N3OS.2ClH/c17-10-12-8-9-19(11-12)16(20)7-3-6-15-18-13-4-1-2-5-14(13)21-15;;/h1-2,4-5,12H,3,6-11,17H2;2*1H. The first-order valence-corrected chi connectivity index (χ1v) is 8.40. The fourth-order valence-corrected chi connectivity index (χ4v) is 3.84. The lowest BCUT2D eigenvalue weighted by Gasteiger charge is -2.15. The number of hydrogen-bond donors (Lipinski definition) is 1. The van der Waals surface area contributed by atoms with Crippen molar-refractivity contribution in [1.82, 2.24) is 9.88 Å². The molecule has 0 spiro atoms. The van der Waals surface area contributed by atoms with Gasteiger partial charge in [-0.2, -0.15) is 0 Å². The molecular weight excluding hydrogens is 353 g/mol. The fraction of sp³-hybridized carbons (Fsp3) is 0.500. The molecule has 1 fully saturated rings. The number of amides is 1. The van der Waals surface area contributed by atoms with Gasteiger partial charge in [-0.05, 0) is 43.9 Å². The quantitative estimate of drug-likeness (QED) is 0.871. The molecule has 0 bridgehead atoms. The number of nitrogens with zero attached hydrogens (tertiary/aromatic N) is 2. The maximum atomic E-state index is 12.1. The second-order valence-electron chi connectivity index (χ2n) is 5.66. The zero-order chi connectivity index (χ0) is 14.7. The van der Waals surface area contributed by atoms with Gasteiger partial charge in [0.15, 0.2) is 0 Å². The van der Waals surface area contributed by atoms with E-state index in [0.29, 0.717) is 18.9 Å². The number of carbonyl (C=O) groups is 1. The summed E-state index contributed by atoms with van der Waals surface area (Å²) in [6.45, 7) is 2.41. The number of likely N-dealkylation sites (tertiary alicyclic amines) is 1. The first-order valence-electron chi connectivity index (χ1n) is 7.58. The van der Waals surface area contributed by atoms with Crippen molar-refractivity contribution in [1.29, 1.82) is 0 Å². The monoisotopic (exact) mass is 375 g/mol. The number of hydrogen-bond acceptors (Lipinski definition) is 4. The van der Waals surface area contributed by atoms with Crippen LogP contribution in [0, 0.1) is 5.92 Å². The Kier molecular flexibility index (Phi) is 8.26. The number of para-hydroxylation sites is 1. The molecule has 0 saturated carbocycles. The minimum absolute atomic E-state index is 0. The molecule has 4 nitrogen and oxygen atoms in total. The van der Waals surface area contributed by atoms with E-state index < -0.39 is 0 Å². The molecule has 23 heavy (non-hydrogen) atoms. The summed E-state index contributed by atoms with van der Waals surface area (Å²) in [6.07, 6.45) is 3.44. The van der Waals surface area contributed by atoms with Crippen molar-refractivity contribution in [2.45, 2.75) is 25.7 Å². The summed E-state index contributed by atoms with van der Waals surface area (Å²) in [5.41, 5.74) is 6.73. The van der Waals surface area contributed by atoms with E-state index in [1.807, 2.05) is 23.1 Å². The zero-order valence-electron chi connectivity index (χ0n) is 12.9. The third-order valence-electron chi connectivity index (χ3n) is 4.09. The Morgan fingerprint density at radius 3 is 2.83 bits per heavy atom. The highest BCUT2D eigenvalue weighted by atomic mass is 35.5. The van der Waals surface area contributed by atoms with Crippen LogP contribution in [-0.2, 0) is 11.2 Å². The SMILES string of the molecule is Cl.Cl.NCC1CCN(C(=O)CCCc2nc3ccccc3s2)C1. The molecule has 1 amide bonds. The summed E-state index contributed by atoms with van der Waals surface area (Å²) in [4.78, 5) is 18.7. The van der Waals surface area contributed by atoms with Crippen molar-refractivity contribution in [2.75, 3.05) is 19.6 Å². The van der Waals surface area contributed by atoms with E-state index in [9.17, 15) is 4.79 Å². The lowest BCUT2D eigenvalue weighted by atomic mass is 10.1. The molecule has 2 aromatic rings. The van der Waals surface area contributed by atoms with E-state index in [-0.39, 0.29) is 30.7 Å². The largest absolute Gasteiger partial charge is 0.342 e. The van der Waals surface area contributed by atoms with Gasteiger partial charge in [0.1, 0.15) is 0 Å². The van der Waals surface area contributed by atoms with Crippen LogP contribution in [0.15, 0.2) is 24.3 Å². The molecule has 1 unspecified atom stereocenters. The van der Waals surface area contributed by atoms with Crippen molar-refractivity contribution in [3.63, 3.8) is 0 Å². The molecule has 1 atom stereocenters. The van der Waals surface area contributed by atoms with Gasteiger partial charge in [-0.25, -0.2) is 4.98 Å². The van der Waals surface area contributed by atoms with Crippen LogP contribution in [-0.4, -0.2) is 35.4 Å². The predicted octanol–water partition coefficient (Wildman–Crippen LogP) is 3.27. The lowest BCUT2D eigenvalue weighted by Crippen LogP contribution is -2.29. The van der Waals surface area contributed by atoms with E-state index in [0.717, 1.165) is 42.9 Å². The van der Waals surface area contributed by atoms with Gasteiger partial charge in [0.2, 0.25) is 5.91 Å². The molecule has 2 N–H and O–H groups in total. The molecule has 1 aliphatic heterocycles. The average molecular weight is 376 g/mol.